The fourth-order valence-electron chi connectivity index (χ4n) is 2.49. The molecule has 1 amide bonds. The van der Waals surface area contributed by atoms with Gasteiger partial charge < -0.3 is 14.3 Å². The van der Waals surface area contributed by atoms with Crippen LogP contribution in [0.3, 0.4) is 0 Å². The highest BCUT2D eigenvalue weighted by molar-refractivity contribution is 6.74. The average Bonchev–Trinajstić information content (AvgIpc) is 2.58. The molecule has 0 saturated carbocycles. The fraction of sp³-hybridized carbons (Fsp3) is 0.609. The lowest BCUT2D eigenvalue weighted by Crippen LogP contribution is -2.50. The lowest BCUT2D eigenvalue weighted by Gasteiger charge is -2.39. The average molecular weight is 422 g/mol. The van der Waals surface area contributed by atoms with E-state index < -0.39 is 32.2 Å². The van der Waals surface area contributed by atoms with Crippen LogP contribution in [-0.2, 0) is 15.7 Å². The van der Waals surface area contributed by atoms with Crippen molar-refractivity contribution in [3.63, 3.8) is 0 Å². The Hall–Kier alpha value is -1.63. The van der Waals surface area contributed by atoms with Crippen molar-refractivity contribution >= 4 is 14.4 Å². The van der Waals surface area contributed by atoms with Crippen molar-refractivity contribution in [1.82, 2.24) is 4.90 Å². The number of hydrogen-bond acceptors (Lipinski definition) is 4. The molecule has 0 radical (unpaired) electrons. The molecule has 0 heterocycles. The summed E-state index contributed by atoms with van der Waals surface area (Å²) < 4.78 is 11.8. The van der Waals surface area contributed by atoms with E-state index in [4.69, 9.17) is 9.16 Å². The summed E-state index contributed by atoms with van der Waals surface area (Å²) in [5, 5.41) is 10.9. The van der Waals surface area contributed by atoms with Crippen LogP contribution in [0.25, 0.3) is 0 Å². The number of ether oxygens (including phenoxy) is 1. The number of rotatable bonds is 8. The van der Waals surface area contributed by atoms with E-state index >= 15 is 0 Å². The standard InChI is InChI=1S/C23H39NO4Si/c1-10-19(20(25)17-27-29(8,9)23(5,6)7)24(21(26)28-22(2,3)4)16-18-14-12-11-13-15-18/h10-15,19-20,25H,1,16-17H2,2-9H3/t19-,20+/m0/s1. The van der Waals surface area contributed by atoms with Crippen LogP contribution in [-0.4, -0.2) is 48.8 Å². The Balaban J connectivity index is 3.05. The second kappa shape index (κ2) is 9.91. The van der Waals surface area contributed by atoms with Crippen LogP contribution >= 0.6 is 0 Å². The molecule has 0 aliphatic carbocycles. The minimum atomic E-state index is -2.03. The molecule has 1 aromatic carbocycles. The molecule has 6 heteroatoms. The topological polar surface area (TPSA) is 59.0 Å². The summed E-state index contributed by atoms with van der Waals surface area (Å²) in [7, 11) is -2.03. The Morgan fingerprint density at radius 2 is 1.72 bits per heavy atom. The third-order valence-corrected chi connectivity index (χ3v) is 9.74. The zero-order valence-electron chi connectivity index (χ0n) is 19.4. The van der Waals surface area contributed by atoms with Gasteiger partial charge in [0, 0.05) is 6.54 Å². The third kappa shape index (κ3) is 7.95. The molecule has 5 nitrogen and oxygen atoms in total. The first-order chi connectivity index (χ1) is 13.2. The van der Waals surface area contributed by atoms with Crippen molar-refractivity contribution in [2.24, 2.45) is 0 Å². The van der Waals surface area contributed by atoms with E-state index in [2.05, 4.69) is 40.4 Å². The van der Waals surface area contributed by atoms with E-state index in [-0.39, 0.29) is 11.6 Å². The van der Waals surface area contributed by atoms with E-state index in [1.54, 1.807) is 6.08 Å². The molecule has 0 aliphatic rings. The molecule has 0 fully saturated rings. The second-order valence-electron chi connectivity index (χ2n) is 9.96. The van der Waals surface area contributed by atoms with Gasteiger partial charge in [-0.15, -0.1) is 6.58 Å². The Morgan fingerprint density at radius 1 is 1.17 bits per heavy atom. The maximum atomic E-state index is 12.9. The van der Waals surface area contributed by atoms with Crippen molar-refractivity contribution < 1.29 is 19.1 Å². The molecular weight excluding hydrogens is 382 g/mol. The van der Waals surface area contributed by atoms with Gasteiger partial charge in [0.2, 0.25) is 0 Å². The first-order valence-electron chi connectivity index (χ1n) is 10.2. The van der Waals surface area contributed by atoms with E-state index in [1.165, 1.54) is 4.90 Å². The van der Waals surface area contributed by atoms with Crippen LogP contribution in [0.1, 0.15) is 47.1 Å². The Morgan fingerprint density at radius 3 is 2.17 bits per heavy atom. The summed E-state index contributed by atoms with van der Waals surface area (Å²) in [6, 6.07) is 9.01. The molecule has 0 aliphatic heterocycles. The zero-order valence-corrected chi connectivity index (χ0v) is 20.4. The van der Waals surface area contributed by atoms with Gasteiger partial charge >= 0.3 is 6.09 Å². The fourth-order valence-corrected chi connectivity index (χ4v) is 3.51. The maximum absolute atomic E-state index is 12.9. The smallest absolute Gasteiger partial charge is 0.411 e. The quantitative estimate of drug-likeness (QED) is 0.453. The number of nitrogens with zero attached hydrogens (tertiary/aromatic N) is 1. The molecule has 0 saturated heterocycles. The lowest BCUT2D eigenvalue weighted by molar-refractivity contribution is -0.00857. The summed E-state index contributed by atoms with van der Waals surface area (Å²) in [5.41, 5.74) is 0.308. The van der Waals surface area contributed by atoms with Crippen LogP contribution in [0.5, 0.6) is 0 Å². The number of amides is 1. The van der Waals surface area contributed by atoms with Gasteiger partial charge in [-0.1, -0.05) is 57.2 Å². The maximum Gasteiger partial charge on any atom is 0.411 e. The molecular formula is C23H39NO4Si. The van der Waals surface area contributed by atoms with Crippen LogP contribution < -0.4 is 0 Å². The molecule has 2 atom stereocenters. The normalized spacial score (nSPS) is 14.8. The predicted octanol–water partition coefficient (Wildman–Crippen LogP) is 5.36. The summed E-state index contributed by atoms with van der Waals surface area (Å²) in [5.74, 6) is 0. The van der Waals surface area contributed by atoms with Crippen molar-refractivity contribution in [3.05, 3.63) is 48.6 Å². The highest BCUT2D eigenvalue weighted by Crippen LogP contribution is 2.36. The minimum absolute atomic E-state index is 0.0330. The van der Waals surface area contributed by atoms with E-state index in [9.17, 15) is 9.90 Å². The first-order valence-corrected chi connectivity index (χ1v) is 13.1. The van der Waals surface area contributed by atoms with Crippen molar-refractivity contribution in [2.75, 3.05) is 6.61 Å². The first kappa shape index (κ1) is 25.4. The van der Waals surface area contributed by atoms with Crippen molar-refractivity contribution in [3.8, 4) is 0 Å². The molecule has 0 spiro atoms. The highest BCUT2D eigenvalue weighted by atomic mass is 28.4. The summed E-state index contributed by atoms with van der Waals surface area (Å²) in [6.45, 7) is 20.5. The van der Waals surface area contributed by atoms with Gasteiger partial charge in [0.15, 0.2) is 8.32 Å². The Kier molecular flexibility index (Phi) is 8.69. The van der Waals surface area contributed by atoms with Gasteiger partial charge in [-0.3, -0.25) is 4.90 Å². The Labute approximate surface area is 177 Å². The molecule has 29 heavy (non-hydrogen) atoms. The van der Waals surface area contributed by atoms with E-state index in [1.807, 2.05) is 51.1 Å². The molecule has 0 bridgehead atoms. The molecule has 164 valence electrons. The van der Waals surface area contributed by atoms with Crippen molar-refractivity contribution in [1.29, 1.82) is 0 Å². The summed E-state index contributed by atoms with van der Waals surface area (Å²) in [4.78, 5) is 14.5. The predicted molar refractivity (Wildman–Crippen MR) is 121 cm³/mol. The van der Waals surface area contributed by atoms with Gasteiger partial charge in [-0.05, 0) is 44.5 Å². The number of benzene rings is 1. The number of aliphatic hydroxyl groups excluding tert-OH is 1. The second-order valence-corrected chi connectivity index (χ2v) is 14.8. The number of aliphatic hydroxyl groups is 1. The molecule has 0 aromatic heterocycles. The summed E-state index contributed by atoms with van der Waals surface area (Å²) in [6.07, 6.45) is 0.197. The molecule has 1 N–H and O–H groups in total. The molecule has 0 unspecified atom stereocenters. The Bertz CT molecular complexity index is 662. The third-order valence-electron chi connectivity index (χ3n) is 5.24. The van der Waals surface area contributed by atoms with Crippen LogP contribution in [0.4, 0.5) is 4.79 Å². The number of hydrogen-bond donors (Lipinski definition) is 1. The monoisotopic (exact) mass is 421 g/mol. The van der Waals surface area contributed by atoms with Gasteiger partial charge in [-0.2, -0.15) is 0 Å². The van der Waals surface area contributed by atoms with Crippen LogP contribution in [0.2, 0.25) is 18.1 Å². The van der Waals surface area contributed by atoms with Gasteiger partial charge in [0.05, 0.1) is 12.6 Å². The van der Waals surface area contributed by atoms with Crippen molar-refractivity contribution in [2.45, 2.75) is 84.0 Å². The molecule has 1 rings (SSSR count). The van der Waals surface area contributed by atoms with Crippen LogP contribution in [0, 0.1) is 0 Å². The largest absolute Gasteiger partial charge is 0.444 e. The van der Waals surface area contributed by atoms with E-state index in [0.717, 1.165) is 5.56 Å². The zero-order chi connectivity index (χ0) is 22.5. The number of carbonyl (C=O) groups is 1. The number of carbonyl (C=O) groups excluding carboxylic acids is 1. The highest BCUT2D eigenvalue weighted by Gasteiger charge is 2.39. The van der Waals surface area contributed by atoms with Gasteiger partial charge in [0.1, 0.15) is 11.7 Å². The van der Waals surface area contributed by atoms with Crippen LogP contribution in [0.15, 0.2) is 43.0 Å². The van der Waals surface area contributed by atoms with Gasteiger partial charge in [-0.25, -0.2) is 4.79 Å². The molecule has 1 aromatic rings. The van der Waals surface area contributed by atoms with E-state index in [0.29, 0.717) is 6.54 Å². The summed E-state index contributed by atoms with van der Waals surface area (Å²) >= 11 is 0. The lowest BCUT2D eigenvalue weighted by atomic mass is 10.1. The van der Waals surface area contributed by atoms with Gasteiger partial charge in [0.25, 0.3) is 0 Å². The minimum Gasteiger partial charge on any atom is -0.444 e. The SMILES string of the molecule is C=C[C@@H]([C@H](O)CO[Si](C)(C)C(C)(C)C)N(Cc1ccccc1)C(=O)OC(C)(C)C.